The summed E-state index contributed by atoms with van der Waals surface area (Å²) in [6, 6.07) is 3.25. The Kier molecular flexibility index (Phi) is 14.5. The quantitative estimate of drug-likeness (QED) is 0.189. The molecular formula is C26H47NO2. The van der Waals surface area contributed by atoms with E-state index in [2.05, 4.69) is 26.8 Å². The van der Waals surface area contributed by atoms with E-state index in [-0.39, 0.29) is 17.8 Å². The van der Waals surface area contributed by atoms with Crippen LogP contribution < -0.4 is 0 Å². The molecule has 0 saturated carbocycles. The Morgan fingerprint density at radius 1 is 0.759 bits per heavy atom. The zero-order valence-electron chi connectivity index (χ0n) is 19.5. The van der Waals surface area contributed by atoms with Crippen molar-refractivity contribution in [2.75, 3.05) is 0 Å². The van der Waals surface area contributed by atoms with E-state index in [1.165, 1.54) is 89.0 Å². The van der Waals surface area contributed by atoms with Crippen LogP contribution in [0.2, 0.25) is 0 Å². The topological polar surface area (TPSA) is 45.4 Å². The van der Waals surface area contributed by atoms with Crippen LogP contribution in [0.5, 0.6) is 11.8 Å². The van der Waals surface area contributed by atoms with Gasteiger partial charge in [0.25, 0.3) is 0 Å². The van der Waals surface area contributed by atoms with Crippen molar-refractivity contribution in [3.8, 4) is 11.8 Å². The van der Waals surface area contributed by atoms with Gasteiger partial charge in [-0.3, -0.25) is 4.57 Å². The highest BCUT2D eigenvalue weighted by molar-refractivity contribution is 5.28. The molecule has 0 fully saturated rings. The Morgan fingerprint density at radius 2 is 1.21 bits per heavy atom. The third-order valence-corrected chi connectivity index (χ3v) is 6.07. The number of aromatic hydroxyl groups is 2. The summed E-state index contributed by atoms with van der Waals surface area (Å²) in [6.45, 7) is 6.67. The fourth-order valence-corrected chi connectivity index (χ4v) is 4.17. The lowest BCUT2D eigenvalue weighted by Gasteiger charge is -2.22. The van der Waals surface area contributed by atoms with Gasteiger partial charge in [0.2, 0.25) is 0 Å². The van der Waals surface area contributed by atoms with Crippen molar-refractivity contribution in [3.63, 3.8) is 0 Å². The van der Waals surface area contributed by atoms with Crippen LogP contribution in [0.25, 0.3) is 0 Å². The zero-order valence-corrected chi connectivity index (χ0v) is 19.5. The molecule has 1 aromatic heterocycles. The average Bonchev–Trinajstić information content (AvgIpc) is 3.04. The van der Waals surface area contributed by atoms with E-state index in [9.17, 15) is 10.2 Å². The van der Waals surface area contributed by atoms with Crippen molar-refractivity contribution in [2.24, 2.45) is 0 Å². The molecule has 0 aliphatic rings. The highest BCUT2D eigenvalue weighted by atomic mass is 16.3. The van der Waals surface area contributed by atoms with E-state index < -0.39 is 0 Å². The van der Waals surface area contributed by atoms with Crippen LogP contribution in [0.1, 0.15) is 130 Å². The predicted molar refractivity (Wildman–Crippen MR) is 126 cm³/mol. The zero-order chi connectivity index (χ0) is 21.3. The maximum Gasteiger partial charge on any atom is 0.194 e. The SMILES string of the molecule is CCCCCCCCCC=C(C)C(CCCCCCCCC)n1c(O)ccc1O. The molecule has 1 aromatic rings. The van der Waals surface area contributed by atoms with Crippen molar-refractivity contribution in [1.82, 2.24) is 4.57 Å². The van der Waals surface area contributed by atoms with Crippen LogP contribution in [-0.4, -0.2) is 14.8 Å². The van der Waals surface area contributed by atoms with Crippen molar-refractivity contribution in [2.45, 2.75) is 130 Å². The maximum absolute atomic E-state index is 10.2. The van der Waals surface area contributed by atoms with Gasteiger partial charge in [-0.2, -0.15) is 0 Å². The second kappa shape index (κ2) is 16.4. The number of hydrogen-bond donors (Lipinski definition) is 2. The molecule has 3 heteroatoms. The maximum atomic E-state index is 10.2. The lowest BCUT2D eigenvalue weighted by Crippen LogP contribution is -2.10. The van der Waals surface area contributed by atoms with Crippen LogP contribution in [0.4, 0.5) is 0 Å². The predicted octanol–water partition coefficient (Wildman–Crippen LogP) is 8.67. The lowest BCUT2D eigenvalue weighted by atomic mass is 9.98. The molecule has 1 rings (SSSR count). The molecule has 0 aromatic carbocycles. The Labute approximate surface area is 180 Å². The summed E-state index contributed by atoms with van der Waals surface area (Å²) in [7, 11) is 0. The molecule has 0 radical (unpaired) electrons. The minimum atomic E-state index is 0.0604. The summed E-state index contributed by atoms with van der Waals surface area (Å²) < 4.78 is 1.70. The summed E-state index contributed by atoms with van der Waals surface area (Å²) in [4.78, 5) is 0. The first-order valence-electron chi connectivity index (χ1n) is 12.4. The fraction of sp³-hybridized carbons (Fsp3) is 0.769. The molecule has 0 aliphatic heterocycles. The molecule has 0 amide bonds. The second-order valence-corrected chi connectivity index (χ2v) is 8.70. The Morgan fingerprint density at radius 3 is 1.72 bits per heavy atom. The Bertz CT molecular complexity index is 527. The number of nitrogens with zero attached hydrogens (tertiary/aromatic N) is 1. The highest BCUT2D eigenvalue weighted by Gasteiger charge is 2.19. The van der Waals surface area contributed by atoms with Crippen molar-refractivity contribution in [1.29, 1.82) is 0 Å². The van der Waals surface area contributed by atoms with Gasteiger partial charge in [0, 0.05) is 12.1 Å². The smallest absolute Gasteiger partial charge is 0.194 e. The van der Waals surface area contributed by atoms with E-state index in [0.717, 1.165) is 19.3 Å². The van der Waals surface area contributed by atoms with Gasteiger partial charge >= 0.3 is 0 Å². The molecule has 0 saturated heterocycles. The standard InChI is InChI=1S/C26H47NO2/c1-4-6-8-10-12-14-15-17-19-23(3)24(27-25(28)21-22-26(27)29)20-18-16-13-11-9-7-5-2/h19,21-22,24,28-29H,4-18,20H2,1-3H3. The third-order valence-electron chi connectivity index (χ3n) is 6.07. The molecular weight excluding hydrogens is 358 g/mol. The van der Waals surface area contributed by atoms with E-state index in [1.807, 2.05) is 0 Å². The van der Waals surface area contributed by atoms with E-state index in [4.69, 9.17) is 0 Å². The first-order valence-corrected chi connectivity index (χ1v) is 12.4. The molecule has 1 atom stereocenters. The highest BCUT2D eigenvalue weighted by Crippen LogP contribution is 2.34. The van der Waals surface area contributed by atoms with Gasteiger partial charge in [-0.25, -0.2) is 0 Å². The molecule has 1 heterocycles. The van der Waals surface area contributed by atoms with Gasteiger partial charge in [-0.05, 0) is 26.2 Å². The summed E-state index contributed by atoms with van der Waals surface area (Å²) in [5.74, 6) is 0.332. The van der Waals surface area contributed by atoms with Gasteiger partial charge in [0.05, 0.1) is 6.04 Å². The summed E-state index contributed by atoms with van der Waals surface area (Å²) in [5.41, 5.74) is 1.27. The number of allylic oxidation sites excluding steroid dienone is 2. The normalized spacial score (nSPS) is 13.1. The van der Waals surface area contributed by atoms with E-state index in [0.29, 0.717) is 0 Å². The van der Waals surface area contributed by atoms with Crippen LogP contribution in [0.3, 0.4) is 0 Å². The van der Waals surface area contributed by atoms with E-state index in [1.54, 1.807) is 16.7 Å². The van der Waals surface area contributed by atoms with Crippen LogP contribution in [0.15, 0.2) is 23.8 Å². The summed E-state index contributed by atoms with van der Waals surface area (Å²) in [5, 5.41) is 20.5. The number of hydrogen-bond acceptors (Lipinski definition) is 2. The van der Waals surface area contributed by atoms with Crippen molar-refractivity contribution >= 4 is 0 Å². The third kappa shape index (κ3) is 10.8. The molecule has 3 nitrogen and oxygen atoms in total. The number of unbranched alkanes of at least 4 members (excludes halogenated alkanes) is 13. The second-order valence-electron chi connectivity index (χ2n) is 8.70. The van der Waals surface area contributed by atoms with Crippen LogP contribution in [0, 0.1) is 0 Å². The van der Waals surface area contributed by atoms with Gasteiger partial charge in [-0.15, -0.1) is 0 Å². The lowest BCUT2D eigenvalue weighted by molar-refractivity contribution is 0.336. The van der Waals surface area contributed by atoms with Gasteiger partial charge in [0.1, 0.15) is 0 Å². The average molecular weight is 406 g/mol. The fourth-order valence-electron chi connectivity index (χ4n) is 4.17. The Hall–Kier alpha value is -1.38. The molecule has 168 valence electrons. The first-order chi connectivity index (χ1) is 14.1. The molecule has 1 unspecified atom stereocenters. The number of rotatable bonds is 18. The Balaban J connectivity index is 2.48. The van der Waals surface area contributed by atoms with Crippen LogP contribution >= 0.6 is 0 Å². The van der Waals surface area contributed by atoms with Gasteiger partial charge in [0.15, 0.2) is 11.8 Å². The molecule has 0 aliphatic carbocycles. The summed E-state index contributed by atoms with van der Waals surface area (Å²) >= 11 is 0. The number of aromatic nitrogens is 1. The van der Waals surface area contributed by atoms with Crippen molar-refractivity contribution in [3.05, 3.63) is 23.8 Å². The van der Waals surface area contributed by atoms with Gasteiger partial charge in [-0.1, -0.05) is 109 Å². The molecule has 0 bridgehead atoms. The molecule has 29 heavy (non-hydrogen) atoms. The molecule has 0 spiro atoms. The van der Waals surface area contributed by atoms with Crippen LogP contribution in [-0.2, 0) is 0 Å². The minimum absolute atomic E-state index is 0.0604. The van der Waals surface area contributed by atoms with Gasteiger partial charge < -0.3 is 10.2 Å². The first kappa shape index (κ1) is 25.7. The van der Waals surface area contributed by atoms with E-state index >= 15 is 0 Å². The minimum Gasteiger partial charge on any atom is -0.494 e. The monoisotopic (exact) mass is 405 g/mol. The molecule has 2 N–H and O–H groups in total. The van der Waals surface area contributed by atoms with Crippen molar-refractivity contribution < 1.29 is 10.2 Å². The summed E-state index contributed by atoms with van der Waals surface area (Å²) in [6.07, 6.45) is 22.6. The largest absolute Gasteiger partial charge is 0.494 e.